The first-order valence-corrected chi connectivity index (χ1v) is 6.96. The first-order chi connectivity index (χ1) is 10.2. The van der Waals surface area contributed by atoms with Gasteiger partial charge in [-0.3, -0.25) is 14.4 Å². The number of rotatable bonds is 8. The highest BCUT2D eigenvalue weighted by Crippen LogP contribution is 2.19. The van der Waals surface area contributed by atoms with Crippen LogP contribution in [0.3, 0.4) is 0 Å². The van der Waals surface area contributed by atoms with Crippen molar-refractivity contribution in [1.29, 1.82) is 0 Å². The van der Waals surface area contributed by atoms with E-state index in [2.05, 4.69) is 5.32 Å². The summed E-state index contributed by atoms with van der Waals surface area (Å²) in [4.78, 5) is 33.8. The van der Waals surface area contributed by atoms with E-state index in [1.807, 2.05) is 0 Å². The van der Waals surface area contributed by atoms with Gasteiger partial charge in [-0.15, -0.1) is 0 Å². The molecule has 1 aromatic rings. The first-order valence-electron chi connectivity index (χ1n) is 6.96. The summed E-state index contributed by atoms with van der Waals surface area (Å²) in [6, 6.07) is 6.58. The molecule has 22 heavy (non-hydrogen) atoms. The SMILES string of the molecule is CC(=O)c1cccc(OCC(=O)NCCC(C)(C)C(=O)O)c1. The molecule has 6 heteroatoms. The van der Waals surface area contributed by atoms with Crippen molar-refractivity contribution in [2.24, 2.45) is 5.41 Å². The van der Waals surface area contributed by atoms with Gasteiger partial charge >= 0.3 is 5.97 Å². The van der Waals surface area contributed by atoms with E-state index in [0.717, 1.165) is 0 Å². The Balaban J connectivity index is 2.39. The van der Waals surface area contributed by atoms with Gasteiger partial charge < -0.3 is 15.2 Å². The predicted molar refractivity (Wildman–Crippen MR) is 81.0 cm³/mol. The van der Waals surface area contributed by atoms with Gasteiger partial charge in [-0.05, 0) is 39.3 Å². The topological polar surface area (TPSA) is 92.7 Å². The van der Waals surface area contributed by atoms with E-state index in [-0.39, 0.29) is 24.8 Å². The molecule has 0 spiro atoms. The number of carboxylic acids is 1. The van der Waals surface area contributed by atoms with Crippen molar-refractivity contribution in [2.75, 3.05) is 13.2 Å². The maximum Gasteiger partial charge on any atom is 0.309 e. The zero-order valence-corrected chi connectivity index (χ0v) is 13.0. The lowest BCUT2D eigenvalue weighted by Gasteiger charge is -2.18. The fourth-order valence-corrected chi connectivity index (χ4v) is 1.63. The fourth-order valence-electron chi connectivity index (χ4n) is 1.63. The number of carbonyl (C=O) groups is 3. The van der Waals surface area contributed by atoms with E-state index in [0.29, 0.717) is 17.7 Å². The van der Waals surface area contributed by atoms with Crippen LogP contribution in [0, 0.1) is 5.41 Å². The number of ketones is 1. The molecule has 0 aliphatic heterocycles. The van der Waals surface area contributed by atoms with Crippen molar-refractivity contribution in [3.63, 3.8) is 0 Å². The van der Waals surface area contributed by atoms with Crippen LogP contribution in [0.15, 0.2) is 24.3 Å². The van der Waals surface area contributed by atoms with Crippen molar-refractivity contribution in [2.45, 2.75) is 27.2 Å². The van der Waals surface area contributed by atoms with Crippen LogP contribution in [0.25, 0.3) is 0 Å². The Labute approximate surface area is 129 Å². The van der Waals surface area contributed by atoms with Gasteiger partial charge in [0, 0.05) is 12.1 Å². The number of carbonyl (C=O) groups excluding carboxylic acids is 2. The van der Waals surface area contributed by atoms with Gasteiger partial charge in [-0.25, -0.2) is 0 Å². The summed E-state index contributed by atoms with van der Waals surface area (Å²) in [6.07, 6.45) is 0.327. The van der Waals surface area contributed by atoms with E-state index in [1.165, 1.54) is 6.92 Å². The Morgan fingerprint density at radius 2 is 1.95 bits per heavy atom. The van der Waals surface area contributed by atoms with Crippen molar-refractivity contribution in [3.8, 4) is 5.75 Å². The van der Waals surface area contributed by atoms with Crippen molar-refractivity contribution in [3.05, 3.63) is 29.8 Å². The zero-order valence-electron chi connectivity index (χ0n) is 13.0. The number of hydrogen-bond acceptors (Lipinski definition) is 4. The number of aliphatic carboxylic acids is 1. The van der Waals surface area contributed by atoms with Crippen molar-refractivity contribution < 1.29 is 24.2 Å². The number of ether oxygens (including phenoxy) is 1. The lowest BCUT2D eigenvalue weighted by Crippen LogP contribution is -2.34. The average Bonchev–Trinajstić information content (AvgIpc) is 2.45. The molecule has 6 nitrogen and oxygen atoms in total. The minimum atomic E-state index is -0.904. The van der Waals surface area contributed by atoms with Crippen LogP contribution in [0.2, 0.25) is 0 Å². The number of Topliss-reactive ketones (excluding diaryl/α,β-unsaturated/α-hetero) is 1. The third-order valence-electron chi connectivity index (χ3n) is 3.26. The molecule has 1 amide bonds. The maximum atomic E-state index is 11.6. The van der Waals surface area contributed by atoms with Crippen LogP contribution in [0.1, 0.15) is 37.6 Å². The molecule has 0 unspecified atom stereocenters. The van der Waals surface area contributed by atoms with E-state index in [4.69, 9.17) is 9.84 Å². The first kappa shape index (κ1) is 17.7. The van der Waals surface area contributed by atoms with E-state index >= 15 is 0 Å². The summed E-state index contributed by atoms with van der Waals surface area (Å²) in [5.41, 5.74) is -0.370. The number of nitrogens with one attached hydrogen (secondary N) is 1. The van der Waals surface area contributed by atoms with Gasteiger partial charge in [-0.2, -0.15) is 0 Å². The molecule has 0 radical (unpaired) electrons. The largest absolute Gasteiger partial charge is 0.484 e. The Hall–Kier alpha value is -2.37. The normalized spacial score (nSPS) is 10.9. The van der Waals surface area contributed by atoms with Gasteiger partial charge in [0.1, 0.15) is 5.75 Å². The Morgan fingerprint density at radius 1 is 1.27 bits per heavy atom. The van der Waals surface area contributed by atoms with E-state index in [1.54, 1.807) is 38.1 Å². The zero-order chi connectivity index (χ0) is 16.8. The minimum absolute atomic E-state index is 0.0780. The molecule has 0 aromatic heterocycles. The molecule has 0 fully saturated rings. The molecule has 1 aromatic carbocycles. The van der Waals surface area contributed by atoms with Crippen molar-refractivity contribution in [1.82, 2.24) is 5.32 Å². The van der Waals surface area contributed by atoms with Gasteiger partial charge in [0.2, 0.25) is 0 Å². The summed E-state index contributed by atoms with van der Waals surface area (Å²) >= 11 is 0. The van der Waals surface area contributed by atoms with Crippen LogP contribution >= 0.6 is 0 Å². The Morgan fingerprint density at radius 3 is 2.55 bits per heavy atom. The molecule has 0 saturated heterocycles. The molecule has 120 valence electrons. The monoisotopic (exact) mass is 307 g/mol. The lowest BCUT2D eigenvalue weighted by molar-refractivity contribution is -0.147. The second-order valence-electron chi connectivity index (χ2n) is 5.66. The molecule has 0 aliphatic carbocycles. The third kappa shape index (κ3) is 5.55. The quantitative estimate of drug-likeness (QED) is 0.715. The predicted octanol–water partition coefficient (Wildman–Crippen LogP) is 1.89. The van der Waals surface area contributed by atoms with Gasteiger partial charge in [0.15, 0.2) is 12.4 Å². The standard InChI is InChI=1S/C16H21NO5/c1-11(18)12-5-4-6-13(9-12)22-10-14(19)17-8-7-16(2,3)15(20)21/h4-6,9H,7-8,10H2,1-3H3,(H,17,19)(H,20,21). The molecule has 0 aliphatic rings. The Bertz CT molecular complexity index is 565. The average molecular weight is 307 g/mol. The van der Waals surface area contributed by atoms with Crippen LogP contribution in [-0.4, -0.2) is 35.9 Å². The van der Waals surface area contributed by atoms with E-state index in [9.17, 15) is 14.4 Å². The highest BCUT2D eigenvalue weighted by atomic mass is 16.5. The van der Waals surface area contributed by atoms with Crippen LogP contribution in [-0.2, 0) is 9.59 Å². The number of hydrogen-bond donors (Lipinski definition) is 2. The maximum absolute atomic E-state index is 11.6. The molecular weight excluding hydrogens is 286 g/mol. The second-order valence-corrected chi connectivity index (χ2v) is 5.66. The minimum Gasteiger partial charge on any atom is -0.484 e. The lowest BCUT2D eigenvalue weighted by atomic mass is 9.90. The summed E-state index contributed by atoms with van der Waals surface area (Å²) in [7, 11) is 0. The highest BCUT2D eigenvalue weighted by molar-refractivity contribution is 5.94. The van der Waals surface area contributed by atoms with E-state index < -0.39 is 11.4 Å². The molecular formula is C16H21NO5. The summed E-state index contributed by atoms with van der Waals surface area (Å²) in [5.74, 6) is -0.881. The second kappa shape index (κ2) is 7.59. The van der Waals surface area contributed by atoms with Crippen molar-refractivity contribution >= 4 is 17.7 Å². The van der Waals surface area contributed by atoms with Crippen LogP contribution in [0.4, 0.5) is 0 Å². The third-order valence-corrected chi connectivity index (χ3v) is 3.26. The summed E-state index contributed by atoms with van der Waals surface area (Å²) in [6.45, 7) is 4.73. The molecule has 1 rings (SSSR count). The highest BCUT2D eigenvalue weighted by Gasteiger charge is 2.26. The summed E-state index contributed by atoms with van der Waals surface area (Å²) < 4.78 is 5.31. The fraction of sp³-hybridized carbons (Fsp3) is 0.438. The number of amides is 1. The Kier molecular flexibility index (Phi) is 6.10. The van der Waals surface area contributed by atoms with Gasteiger partial charge in [0.05, 0.1) is 5.41 Å². The molecule has 0 atom stereocenters. The smallest absolute Gasteiger partial charge is 0.309 e. The molecule has 2 N–H and O–H groups in total. The molecule has 0 heterocycles. The summed E-state index contributed by atoms with van der Waals surface area (Å²) in [5, 5.41) is 11.6. The van der Waals surface area contributed by atoms with Crippen LogP contribution in [0.5, 0.6) is 5.75 Å². The van der Waals surface area contributed by atoms with Gasteiger partial charge in [-0.1, -0.05) is 12.1 Å². The number of carboxylic acid groups (broad SMARTS) is 1. The molecule has 0 saturated carbocycles. The number of benzene rings is 1. The molecule has 0 bridgehead atoms. The van der Waals surface area contributed by atoms with Gasteiger partial charge in [0.25, 0.3) is 5.91 Å². The van der Waals surface area contributed by atoms with Crippen LogP contribution < -0.4 is 10.1 Å².